The number of amides is 2. The second kappa shape index (κ2) is 3.84. The molecule has 1 aliphatic heterocycles. The lowest BCUT2D eigenvalue weighted by molar-refractivity contribution is -0.116. The summed E-state index contributed by atoms with van der Waals surface area (Å²) in [5, 5.41) is 2.75. The van der Waals surface area contributed by atoms with Crippen LogP contribution in [0.25, 0.3) is 0 Å². The first-order valence-corrected chi connectivity index (χ1v) is 5.05. The molecule has 0 saturated heterocycles. The molecule has 84 valence electrons. The van der Waals surface area contributed by atoms with Gasteiger partial charge in [0, 0.05) is 18.2 Å². The lowest BCUT2D eigenvalue weighted by Gasteiger charge is -2.23. The number of benzene rings is 1. The number of anilines is 3. The Balaban J connectivity index is 2.54. The van der Waals surface area contributed by atoms with Crippen molar-refractivity contribution < 1.29 is 9.59 Å². The zero-order chi connectivity index (χ0) is 11.7. The van der Waals surface area contributed by atoms with E-state index in [4.69, 9.17) is 5.73 Å². The molecule has 0 fully saturated rings. The van der Waals surface area contributed by atoms with Gasteiger partial charge in [0.2, 0.25) is 12.3 Å². The Hall–Kier alpha value is -2.04. The molecule has 3 N–H and O–H groups in total. The van der Waals surface area contributed by atoms with Crippen LogP contribution in [0.2, 0.25) is 0 Å². The molecule has 1 heterocycles. The Kier molecular flexibility index (Phi) is 2.52. The van der Waals surface area contributed by atoms with Crippen LogP contribution in [0.3, 0.4) is 0 Å². The minimum absolute atomic E-state index is 0.0946. The van der Waals surface area contributed by atoms with E-state index in [0.717, 1.165) is 6.41 Å². The van der Waals surface area contributed by atoms with Crippen molar-refractivity contribution in [2.75, 3.05) is 16.0 Å². The van der Waals surface area contributed by atoms with Gasteiger partial charge in [0.15, 0.2) is 0 Å². The molecular weight excluding hydrogens is 206 g/mol. The van der Waals surface area contributed by atoms with Crippen molar-refractivity contribution in [3.05, 3.63) is 18.2 Å². The predicted molar refractivity (Wildman–Crippen MR) is 62.1 cm³/mol. The lowest BCUT2D eigenvalue weighted by Crippen LogP contribution is -2.32. The van der Waals surface area contributed by atoms with Crippen molar-refractivity contribution in [1.82, 2.24) is 0 Å². The van der Waals surface area contributed by atoms with E-state index in [1.165, 1.54) is 4.90 Å². The van der Waals surface area contributed by atoms with Gasteiger partial charge < -0.3 is 16.0 Å². The highest BCUT2D eigenvalue weighted by Crippen LogP contribution is 2.32. The van der Waals surface area contributed by atoms with Crippen molar-refractivity contribution in [1.29, 1.82) is 0 Å². The fourth-order valence-electron chi connectivity index (χ4n) is 1.83. The van der Waals surface area contributed by atoms with Gasteiger partial charge in [-0.1, -0.05) is 0 Å². The molecule has 5 nitrogen and oxygen atoms in total. The largest absolute Gasteiger partial charge is 0.399 e. The molecular formula is C11H13N3O2. The number of fused-ring (bicyclic) bond motifs is 1. The number of nitrogen functional groups attached to an aromatic ring is 1. The molecule has 0 saturated carbocycles. The summed E-state index contributed by atoms with van der Waals surface area (Å²) in [7, 11) is 0. The Morgan fingerprint density at radius 1 is 1.56 bits per heavy atom. The van der Waals surface area contributed by atoms with Crippen LogP contribution in [0.5, 0.6) is 0 Å². The molecule has 0 radical (unpaired) electrons. The van der Waals surface area contributed by atoms with Gasteiger partial charge in [0.05, 0.1) is 11.4 Å². The molecule has 2 amide bonds. The highest BCUT2D eigenvalue weighted by molar-refractivity contribution is 6.00. The first-order chi connectivity index (χ1) is 7.61. The summed E-state index contributed by atoms with van der Waals surface area (Å²) >= 11 is 0. The molecule has 0 aromatic heterocycles. The molecule has 2 rings (SSSR count). The van der Waals surface area contributed by atoms with E-state index in [0.29, 0.717) is 17.1 Å². The maximum atomic E-state index is 11.5. The van der Waals surface area contributed by atoms with E-state index < -0.39 is 0 Å². The maximum Gasteiger partial charge on any atom is 0.226 e. The van der Waals surface area contributed by atoms with Gasteiger partial charge in [-0.05, 0) is 25.1 Å². The average molecular weight is 219 g/mol. The highest BCUT2D eigenvalue weighted by atomic mass is 16.2. The van der Waals surface area contributed by atoms with Crippen LogP contribution >= 0.6 is 0 Å². The molecule has 1 unspecified atom stereocenters. The van der Waals surface area contributed by atoms with E-state index in [-0.39, 0.29) is 18.4 Å². The number of hydrogen-bond acceptors (Lipinski definition) is 3. The molecule has 16 heavy (non-hydrogen) atoms. The van der Waals surface area contributed by atoms with Gasteiger partial charge in [-0.2, -0.15) is 0 Å². The zero-order valence-corrected chi connectivity index (χ0v) is 8.93. The normalized spacial score (nSPS) is 19.7. The first kappa shape index (κ1) is 10.5. The van der Waals surface area contributed by atoms with Crippen LogP contribution in [0.4, 0.5) is 17.1 Å². The van der Waals surface area contributed by atoms with Crippen molar-refractivity contribution in [3.63, 3.8) is 0 Å². The van der Waals surface area contributed by atoms with Crippen LogP contribution in [-0.4, -0.2) is 18.4 Å². The Morgan fingerprint density at radius 3 is 3.00 bits per heavy atom. The number of nitrogens with zero attached hydrogens (tertiary/aromatic N) is 1. The molecule has 1 aliphatic rings. The van der Waals surface area contributed by atoms with Gasteiger partial charge in [-0.15, -0.1) is 0 Å². The Morgan fingerprint density at radius 2 is 2.31 bits per heavy atom. The molecule has 0 spiro atoms. The van der Waals surface area contributed by atoms with Gasteiger partial charge in [0.25, 0.3) is 0 Å². The van der Waals surface area contributed by atoms with E-state index in [9.17, 15) is 9.59 Å². The Bertz CT molecular complexity index is 445. The second-order valence-corrected chi connectivity index (χ2v) is 3.89. The monoisotopic (exact) mass is 219 g/mol. The quantitative estimate of drug-likeness (QED) is 0.545. The third kappa shape index (κ3) is 1.71. The van der Waals surface area contributed by atoms with Crippen LogP contribution < -0.4 is 16.0 Å². The van der Waals surface area contributed by atoms with Crippen molar-refractivity contribution >= 4 is 29.4 Å². The third-order valence-corrected chi connectivity index (χ3v) is 2.64. The number of rotatable bonds is 1. The van der Waals surface area contributed by atoms with Gasteiger partial charge in [0.1, 0.15) is 0 Å². The second-order valence-electron chi connectivity index (χ2n) is 3.89. The topological polar surface area (TPSA) is 75.4 Å². The minimum atomic E-state index is -0.166. The zero-order valence-electron chi connectivity index (χ0n) is 8.93. The average Bonchev–Trinajstić information content (AvgIpc) is 2.33. The summed E-state index contributed by atoms with van der Waals surface area (Å²) in [5.41, 5.74) is 7.51. The van der Waals surface area contributed by atoms with E-state index >= 15 is 0 Å². The molecule has 5 heteroatoms. The predicted octanol–water partition coefficient (Wildman–Crippen LogP) is 0.962. The third-order valence-electron chi connectivity index (χ3n) is 2.64. The molecule has 1 aromatic carbocycles. The van der Waals surface area contributed by atoms with E-state index in [2.05, 4.69) is 5.32 Å². The minimum Gasteiger partial charge on any atom is -0.399 e. The molecule has 0 aliphatic carbocycles. The summed E-state index contributed by atoms with van der Waals surface area (Å²) < 4.78 is 0. The number of nitrogens with two attached hydrogens (primary N) is 1. The van der Waals surface area contributed by atoms with E-state index in [1.807, 2.05) is 6.92 Å². The van der Waals surface area contributed by atoms with Gasteiger partial charge >= 0.3 is 0 Å². The molecule has 1 atom stereocenters. The van der Waals surface area contributed by atoms with Crippen molar-refractivity contribution in [2.24, 2.45) is 0 Å². The molecule has 0 bridgehead atoms. The van der Waals surface area contributed by atoms with Crippen LogP contribution in [0, 0.1) is 0 Å². The smallest absolute Gasteiger partial charge is 0.226 e. The van der Waals surface area contributed by atoms with Crippen molar-refractivity contribution in [2.45, 2.75) is 19.4 Å². The lowest BCUT2D eigenvalue weighted by atomic mass is 10.2. The SMILES string of the molecule is CC1CC(=O)Nc2ccc(N)cc2N1C=O. The van der Waals surface area contributed by atoms with Crippen LogP contribution in [0.1, 0.15) is 13.3 Å². The fourth-order valence-corrected chi connectivity index (χ4v) is 1.83. The summed E-state index contributed by atoms with van der Waals surface area (Å²) in [6, 6.07) is 4.92. The van der Waals surface area contributed by atoms with Crippen LogP contribution in [-0.2, 0) is 9.59 Å². The maximum absolute atomic E-state index is 11.5. The summed E-state index contributed by atoms with van der Waals surface area (Å²) in [4.78, 5) is 24.1. The number of nitrogens with one attached hydrogen (secondary N) is 1. The van der Waals surface area contributed by atoms with Gasteiger partial charge in [-0.25, -0.2) is 0 Å². The summed E-state index contributed by atoms with van der Waals surface area (Å²) in [6.07, 6.45) is 1.01. The van der Waals surface area contributed by atoms with E-state index in [1.54, 1.807) is 18.2 Å². The summed E-state index contributed by atoms with van der Waals surface area (Å²) in [5.74, 6) is -0.0946. The highest BCUT2D eigenvalue weighted by Gasteiger charge is 2.24. The first-order valence-electron chi connectivity index (χ1n) is 5.05. The fraction of sp³-hybridized carbons (Fsp3) is 0.273. The van der Waals surface area contributed by atoms with Crippen molar-refractivity contribution in [3.8, 4) is 0 Å². The molecule has 1 aromatic rings. The standard InChI is InChI=1S/C11H13N3O2/c1-7-4-11(16)13-9-3-2-8(12)5-10(9)14(7)6-15/h2-3,5-7H,4,12H2,1H3,(H,13,16). The van der Waals surface area contributed by atoms with Gasteiger partial charge in [-0.3, -0.25) is 9.59 Å². The Labute approximate surface area is 93.2 Å². The van der Waals surface area contributed by atoms with Crippen LogP contribution in [0.15, 0.2) is 18.2 Å². The summed E-state index contributed by atoms with van der Waals surface area (Å²) in [6.45, 7) is 1.83. The number of hydrogen-bond donors (Lipinski definition) is 2. The number of carbonyl (C=O) groups excluding carboxylic acids is 2. The number of carbonyl (C=O) groups is 2.